The fourth-order valence-electron chi connectivity index (χ4n) is 3.50. The molecule has 1 aliphatic heterocycles. The Bertz CT molecular complexity index is 391. The van der Waals surface area contributed by atoms with Crippen LogP contribution in [0.3, 0.4) is 0 Å². The fourth-order valence-corrected chi connectivity index (χ4v) is 3.50. The van der Waals surface area contributed by atoms with Crippen LogP contribution in [0.5, 0.6) is 0 Å². The lowest BCUT2D eigenvalue weighted by atomic mass is 9.92. The third-order valence-corrected chi connectivity index (χ3v) is 4.97. The van der Waals surface area contributed by atoms with Gasteiger partial charge in [-0.15, -0.1) is 0 Å². The summed E-state index contributed by atoms with van der Waals surface area (Å²) in [4.78, 5) is 2.66. The Balaban J connectivity index is 1.77. The molecule has 1 N–H and O–H groups in total. The maximum atomic E-state index is 3.48. The highest BCUT2D eigenvalue weighted by Gasteiger charge is 2.19. The Labute approximate surface area is 130 Å². The molecule has 2 nitrogen and oxygen atoms in total. The lowest BCUT2D eigenvalue weighted by Crippen LogP contribution is -2.35. The van der Waals surface area contributed by atoms with Crippen LogP contribution in [-0.2, 0) is 0 Å². The van der Waals surface area contributed by atoms with E-state index in [1.807, 2.05) is 0 Å². The minimum atomic E-state index is 0.485. The molecule has 1 aromatic carbocycles. The molecule has 118 valence electrons. The van der Waals surface area contributed by atoms with Crippen LogP contribution in [0.4, 0.5) is 0 Å². The average Bonchev–Trinajstić information content (AvgIpc) is 2.51. The van der Waals surface area contributed by atoms with Crippen LogP contribution in [-0.4, -0.2) is 31.6 Å². The van der Waals surface area contributed by atoms with Gasteiger partial charge in [0.2, 0.25) is 0 Å². The standard InChI is InChI=1S/C19H32N2/c1-4-5-17-10-13-21(14-11-17)15-12-19(20-3)18-8-6-16(2)7-9-18/h6-9,17,19-20H,4-5,10-15H2,1-3H3. The van der Waals surface area contributed by atoms with E-state index < -0.39 is 0 Å². The molecule has 1 atom stereocenters. The Hall–Kier alpha value is -0.860. The van der Waals surface area contributed by atoms with E-state index in [9.17, 15) is 0 Å². The number of hydrogen-bond donors (Lipinski definition) is 1. The molecule has 1 unspecified atom stereocenters. The van der Waals surface area contributed by atoms with E-state index >= 15 is 0 Å². The summed E-state index contributed by atoms with van der Waals surface area (Å²) in [5.74, 6) is 0.989. The van der Waals surface area contributed by atoms with Gasteiger partial charge in [-0.1, -0.05) is 49.6 Å². The van der Waals surface area contributed by atoms with E-state index in [1.54, 1.807) is 0 Å². The molecule has 0 radical (unpaired) electrons. The lowest BCUT2D eigenvalue weighted by molar-refractivity contribution is 0.172. The Morgan fingerprint density at radius 1 is 1.19 bits per heavy atom. The Kier molecular flexibility index (Phi) is 6.72. The highest BCUT2D eigenvalue weighted by atomic mass is 15.1. The summed E-state index contributed by atoms with van der Waals surface area (Å²) in [6, 6.07) is 9.46. The van der Waals surface area contributed by atoms with Crippen LogP contribution in [0.2, 0.25) is 0 Å². The van der Waals surface area contributed by atoms with Crippen molar-refractivity contribution in [3.63, 3.8) is 0 Å². The zero-order chi connectivity index (χ0) is 15.1. The van der Waals surface area contributed by atoms with Gasteiger partial charge in [-0.05, 0) is 64.3 Å². The summed E-state index contributed by atoms with van der Waals surface area (Å²) in [6.45, 7) is 8.28. The lowest BCUT2D eigenvalue weighted by Gasteiger charge is -2.32. The predicted octanol–water partition coefficient (Wildman–Crippen LogP) is 4.16. The number of piperidine rings is 1. The minimum absolute atomic E-state index is 0.485. The monoisotopic (exact) mass is 288 g/mol. The first-order valence-electron chi connectivity index (χ1n) is 8.69. The smallest absolute Gasteiger partial charge is 0.0329 e. The number of benzene rings is 1. The summed E-state index contributed by atoms with van der Waals surface area (Å²) in [6.07, 6.45) is 6.79. The normalized spacial score (nSPS) is 18.8. The van der Waals surface area contributed by atoms with Gasteiger partial charge in [-0.3, -0.25) is 0 Å². The van der Waals surface area contributed by atoms with E-state index in [4.69, 9.17) is 0 Å². The van der Waals surface area contributed by atoms with Gasteiger partial charge in [-0.25, -0.2) is 0 Å². The molecule has 0 saturated carbocycles. The summed E-state index contributed by atoms with van der Waals surface area (Å²) >= 11 is 0. The molecule has 1 saturated heterocycles. The molecule has 1 fully saturated rings. The molecule has 0 spiro atoms. The van der Waals surface area contributed by atoms with Gasteiger partial charge < -0.3 is 10.2 Å². The highest BCUT2D eigenvalue weighted by Crippen LogP contribution is 2.23. The number of likely N-dealkylation sites (tertiary alicyclic amines) is 1. The third-order valence-electron chi connectivity index (χ3n) is 4.97. The summed E-state index contributed by atoms with van der Waals surface area (Å²) in [5.41, 5.74) is 2.76. The molecule has 1 heterocycles. The van der Waals surface area contributed by atoms with E-state index in [0.717, 1.165) is 5.92 Å². The second-order valence-electron chi connectivity index (χ2n) is 6.61. The van der Waals surface area contributed by atoms with E-state index in [-0.39, 0.29) is 0 Å². The van der Waals surface area contributed by atoms with Crippen LogP contribution < -0.4 is 5.32 Å². The molecule has 0 bridgehead atoms. The molecule has 1 aromatic rings. The van der Waals surface area contributed by atoms with Gasteiger partial charge in [0, 0.05) is 6.04 Å². The van der Waals surface area contributed by atoms with E-state index in [1.165, 1.54) is 62.9 Å². The van der Waals surface area contributed by atoms with Gasteiger partial charge in [0.15, 0.2) is 0 Å². The van der Waals surface area contributed by atoms with Crippen molar-refractivity contribution in [2.24, 2.45) is 5.92 Å². The van der Waals surface area contributed by atoms with Crippen molar-refractivity contribution in [2.75, 3.05) is 26.7 Å². The molecule has 2 heteroatoms. The number of nitrogens with one attached hydrogen (secondary N) is 1. The first-order valence-corrected chi connectivity index (χ1v) is 8.69. The molecule has 0 aliphatic carbocycles. The zero-order valence-corrected chi connectivity index (χ0v) is 14.1. The number of hydrogen-bond acceptors (Lipinski definition) is 2. The molecular formula is C19H32N2. The Morgan fingerprint density at radius 2 is 1.86 bits per heavy atom. The quantitative estimate of drug-likeness (QED) is 0.810. The molecular weight excluding hydrogens is 256 g/mol. The Morgan fingerprint density at radius 3 is 2.43 bits per heavy atom. The molecule has 0 aromatic heterocycles. The number of aryl methyl sites for hydroxylation is 1. The fraction of sp³-hybridized carbons (Fsp3) is 0.684. The van der Waals surface area contributed by atoms with E-state index in [0.29, 0.717) is 6.04 Å². The van der Waals surface area contributed by atoms with Crippen molar-refractivity contribution in [3.05, 3.63) is 35.4 Å². The summed E-state index contributed by atoms with van der Waals surface area (Å²) in [7, 11) is 2.08. The van der Waals surface area contributed by atoms with Crippen molar-refractivity contribution >= 4 is 0 Å². The highest BCUT2D eigenvalue weighted by molar-refractivity contribution is 5.24. The van der Waals surface area contributed by atoms with Gasteiger partial charge in [0.1, 0.15) is 0 Å². The number of nitrogens with zero attached hydrogens (tertiary/aromatic N) is 1. The molecule has 1 aliphatic rings. The minimum Gasteiger partial charge on any atom is -0.313 e. The van der Waals surface area contributed by atoms with Crippen LogP contribution >= 0.6 is 0 Å². The topological polar surface area (TPSA) is 15.3 Å². The first-order chi connectivity index (χ1) is 10.2. The van der Waals surface area contributed by atoms with Gasteiger partial charge >= 0.3 is 0 Å². The van der Waals surface area contributed by atoms with E-state index in [2.05, 4.69) is 55.4 Å². The summed E-state index contributed by atoms with van der Waals surface area (Å²) in [5, 5.41) is 3.48. The largest absolute Gasteiger partial charge is 0.313 e. The number of rotatable bonds is 7. The first kappa shape index (κ1) is 16.5. The van der Waals surface area contributed by atoms with Crippen LogP contribution in [0.1, 0.15) is 56.2 Å². The van der Waals surface area contributed by atoms with Crippen LogP contribution in [0, 0.1) is 12.8 Å². The molecule has 2 rings (SSSR count). The van der Waals surface area contributed by atoms with Crippen molar-refractivity contribution in [1.29, 1.82) is 0 Å². The second-order valence-corrected chi connectivity index (χ2v) is 6.61. The van der Waals surface area contributed by atoms with Crippen molar-refractivity contribution < 1.29 is 0 Å². The van der Waals surface area contributed by atoms with Crippen molar-refractivity contribution in [2.45, 2.75) is 52.0 Å². The molecule has 0 amide bonds. The van der Waals surface area contributed by atoms with Crippen molar-refractivity contribution in [1.82, 2.24) is 10.2 Å². The van der Waals surface area contributed by atoms with Crippen LogP contribution in [0.25, 0.3) is 0 Å². The predicted molar refractivity (Wildman–Crippen MR) is 91.7 cm³/mol. The maximum absolute atomic E-state index is 3.48. The SMILES string of the molecule is CCCC1CCN(CCC(NC)c2ccc(C)cc2)CC1. The third kappa shape index (κ3) is 5.12. The summed E-state index contributed by atoms with van der Waals surface area (Å²) < 4.78 is 0. The van der Waals surface area contributed by atoms with Crippen molar-refractivity contribution in [3.8, 4) is 0 Å². The molecule has 21 heavy (non-hydrogen) atoms. The maximum Gasteiger partial charge on any atom is 0.0329 e. The van der Waals surface area contributed by atoms with Gasteiger partial charge in [0.25, 0.3) is 0 Å². The van der Waals surface area contributed by atoms with Crippen LogP contribution in [0.15, 0.2) is 24.3 Å². The second kappa shape index (κ2) is 8.55. The zero-order valence-electron chi connectivity index (χ0n) is 14.1. The average molecular weight is 288 g/mol. The van der Waals surface area contributed by atoms with Gasteiger partial charge in [0.05, 0.1) is 0 Å². The van der Waals surface area contributed by atoms with Gasteiger partial charge in [-0.2, -0.15) is 0 Å².